The van der Waals surface area contributed by atoms with Crippen LogP contribution in [-0.4, -0.2) is 53.5 Å². The Hall–Kier alpha value is -1.51. The van der Waals surface area contributed by atoms with E-state index in [1.807, 2.05) is 6.92 Å². The second-order valence-electron chi connectivity index (χ2n) is 6.46. The van der Waals surface area contributed by atoms with Crippen LogP contribution in [0.2, 0.25) is 0 Å². The van der Waals surface area contributed by atoms with Gasteiger partial charge in [-0.05, 0) is 26.3 Å². The van der Waals surface area contributed by atoms with Crippen LogP contribution in [0.15, 0.2) is 24.3 Å². The van der Waals surface area contributed by atoms with Crippen molar-refractivity contribution in [3.05, 3.63) is 41.2 Å². The molecule has 1 aliphatic rings. The fraction of sp³-hybridized carbons (Fsp3) is 0.529. The third kappa shape index (κ3) is 4.19. The van der Waals surface area contributed by atoms with Gasteiger partial charge in [0.25, 0.3) is 0 Å². The Bertz CT molecular complexity index is 817. The molecule has 0 spiro atoms. The highest BCUT2D eigenvalue weighted by atomic mass is 32.2. The summed E-state index contributed by atoms with van der Waals surface area (Å²) in [7, 11) is -3.12. The SMILES string of the molecule is CCS(=O)(=O)N1CCN(c2nc(Cc3ccc(C)cc3)ns2)C(C)C1. The van der Waals surface area contributed by atoms with Crippen molar-refractivity contribution in [3.63, 3.8) is 0 Å². The normalized spacial score (nSPS) is 19.3. The molecule has 1 fully saturated rings. The van der Waals surface area contributed by atoms with E-state index in [1.54, 1.807) is 11.2 Å². The number of sulfonamides is 1. The lowest BCUT2D eigenvalue weighted by molar-refractivity contribution is 0.343. The maximum Gasteiger partial charge on any atom is 0.213 e. The van der Waals surface area contributed by atoms with E-state index in [0.717, 1.165) is 17.4 Å². The average Bonchev–Trinajstić information content (AvgIpc) is 3.05. The van der Waals surface area contributed by atoms with Crippen molar-refractivity contribution in [2.24, 2.45) is 0 Å². The average molecular weight is 381 g/mol. The van der Waals surface area contributed by atoms with Gasteiger partial charge in [-0.25, -0.2) is 13.4 Å². The van der Waals surface area contributed by atoms with E-state index < -0.39 is 10.0 Å². The molecule has 1 aliphatic heterocycles. The van der Waals surface area contributed by atoms with Crippen LogP contribution < -0.4 is 4.90 Å². The quantitative estimate of drug-likeness (QED) is 0.796. The first-order valence-electron chi connectivity index (χ1n) is 8.51. The van der Waals surface area contributed by atoms with Gasteiger partial charge in [0.1, 0.15) is 5.82 Å². The zero-order valence-corrected chi connectivity index (χ0v) is 16.5. The van der Waals surface area contributed by atoms with E-state index in [-0.39, 0.29) is 11.8 Å². The molecule has 0 bridgehead atoms. The highest BCUT2D eigenvalue weighted by molar-refractivity contribution is 7.89. The van der Waals surface area contributed by atoms with Crippen LogP contribution in [-0.2, 0) is 16.4 Å². The van der Waals surface area contributed by atoms with Crippen LogP contribution in [0.1, 0.15) is 30.8 Å². The molecule has 1 unspecified atom stereocenters. The molecular weight excluding hydrogens is 356 g/mol. The van der Waals surface area contributed by atoms with Crippen molar-refractivity contribution in [1.82, 2.24) is 13.7 Å². The van der Waals surface area contributed by atoms with Gasteiger partial charge in [-0.15, -0.1) is 0 Å². The van der Waals surface area contributed by atoms with Gasteiger partial charge in [-0.1, -0.05) is 29.8 Å². The third-order valence-corrected chi connectivity index (χ3v) is 7.17. The van der Waals surface area contributed by atoms with Gasteiger partial charge in [0.2, 0.25) is 15.2 Å². The van der Waals surface area contributed by atoms with Crippen LogP contribution in [0, 0.1) is 6.92 Å². The molecule has 1 aromatic carbocycles. The summed E-state index contributed by atoms with van der Waals surface area (Å²) in [6, 6.07) is 8.49. The molecule has 0 aliphatic carbocycles. The first-order valence-corrected chi connectivity index (χ1v) is 10.9. The molecule has 1 saturated heterocycles. The van der Waals surface area contributed by atoms with Crippen molar-refractivity contribution >= 4 is 26.7 Å². The summed E-state index contributed by atoms with van der Waals surface area (Å²) in [5, 5.41) is 0.878. The highest BCUT2D eigenvalue weighted by Gasteiger charge is 2.31. The summed E-state index contributed by atoms with van der Waals surface area (Å²) < 4.78 is 30.2. The Morgan fingerprint density at radius 1 is 1.24 bits per heavy atom. The second-order valence-corrected chi connectivity index (χ2v) is 9.44. The summed E-state index contributed by atoms with van der Waals surface area (Å²) in [4.78, 5) is 6.84. The van der Waals surface area contributed by atoms with E-state index in [2.05, 4.69) is 45.4 Å². The molecule has 2 heterocycles. The number of rotatable bonds is 5. The van der Waals surface area contributed by atoms with Crippen molar-refractivity contribution in [2.75, 3.05) is 30.3 Å². The van der Waals surface area contributed by atoms with Gasteiger partial charge >= 0.3 is 0 Å². The standard InChI is InChI=1S/C17H24N4O2S2/c1-4-25(22,23)20-9-10-21(14(3)12-20)17-18-16(19-24-17)11-15-7-5-13(2)6-8-15/h5-8,14H,4,9-12H2,1-3H3. The van der Waals surface area contributed by atoms with Crippen LogP contribution >= 0.6 is 11.5 Å². The number of anilines is 1. The largest absolute Gasteiger partial charge is 0.342 e. The lowest BCUT2D eigenvalue weighted by Crippen LogP contribution is -2.54. The number of hydrogen-bond acceptors (Lipinski definition) is 6. The van der Waals surface area contributed by atoms with Gasteiger partial charge < -0.3 is 4.90 Å². The van der Waals surface area contributed by atoms with Crippen molar-refractivity contribution in [2.45, 2.75) is 33.2 Å². The van der Waals surface area contributed by atoms with Gasteiger partial charge in [-0.2, -0.15) is 8.68 Å². The lowest BCUT2D eigenvalue weighted by Gasteiger charge is -2.38. The third-order valence-electron chi connectivity index (χ3n) is 4.53. The fourth-order valence-corrected chi connectivity index (χ4v) is 4.95. The van der Waals surface area contributed by atoms with Gasteiger partial charge in [0, 0.05) is 43.6 Å². The number of nitrogens with zero attached hydrogens (tertiary/aromatic N) is 4. The molecule has 136 valence electrons. The number of hydrogen-bond donors (Lipinski definition) is 0. The zero-order valence-electron chi connectivity index (χ0n) is 14.8. The van der Waals surface area contributed by atoms with Gasteiger partial charge in [0.15, 0.2) is 0 Å². The Kier molecular flexibility index (Phi) is 5.41. The Balaban J connectivity index is 1.67. The predicted molar refractivity (Wildman–Crippen MR) is 102 cm³/mol. The Labute approximate surface area is 153 Å². The number of aryl methyl sites for hydroxylation is 1. The minimum Gasteiger partial charge on any atom is -0.342 e. The van der Waals surface area contributed by atoms with E-state index in [9.17, 15) is 8.42 Å². The van der Waals surface area contributed by atoms with Crippen molar-refractivity contribution in [1.29, 1.82) is 0 Å². The minimum atomic E-state index is -3.12. The predicted octanol–water partition coefficient (Wildman–Crippen LogP) is 2.30. The van der Waals surface area contributed by atoms with Gasteiger partial charge in [0.05, 0.1) is 5.75 Å². The number of aromatic nitrogens is 2. The molecule has 0 saturated carbocycles. The summed E-state index contributed by atoms with van der Waals surface area (Å²) in [5.74, 6) is 0.971. The summed E-state index contributed by atoms with van der Waals surface area (Å²) in [5.41, 5.74) is 2.44. The van der Waals surface area contributed by atoms with E-state index in [1.165, 1.54) is 22.7 Å². The van der Waals surface area contributed by atoms with E-state index >= 15 is 0 Å². The molecule has 0 amide bonds. The smallest absolute Gasteiger partial charge is 0.213 e. The molecule has 3 rings (SSSR count). The molecule has 2 aromatic rings. The number of benzene rings is 1. The first kappa shape index (κ1) is 18.3. The molecule has 0 N–H and O–H groups in total. The zero-order chi connectivity index (χ0) is 18.0. The maximum absolute atomic E-state index is 12.1. The molecule has 6 nitrogen and oxygen atoms in total. The van der Waals surface area contributed by atoms with Crippen LogP contribution in [0.25, 0.3) is 0 Å². The Morgan fingerprint density at radius 3 is 2.60 bits per heavy atom. The molecule has 25 heavy (non-hydrogen) atoms. The fourth-order valence-electron chi connectivity index (χ4n) is 2.97. The monoisotopic (exact) mass is 380 g/mol. The highest BCUT2D eigenvalue weighted by Crippen LogP contribution is 2.24. The number of piperazine rings is 1. The first-order chi connectivity index (χ1) is 11.9. The van der Waals surface area contributed by atoms with Crippen molar-refractivity contribution < 1.29 is 8.42 Å². The van der Waals surface area contributed by atoms with E-state index in [4.69, 9.17) is 0 Å². The summed E-state index contributed by atoms with van der Waals surface area (Å²) >= 11 is 1.39. The summed E-state index contributed by atoms with van der Waals surface area (Å²) in [6.45, 7) is 7.46. The summed E-state index contributed by atoms with van der Waals surface area (Å²) in [6.07, 6.45) is 0.718. The maximum atomic E-state index is 12.1. The molecule has 1 aromatic heterocycles. The Morgan fingerprint density at radius 2 is 1.96 bits per heavy atom. The van der Waals surface area contributed by atoms with Crippen LogP contribution in [0.3, 0.4) is 0 Å². The molecule has 8 heteroatoms. The van der Waals surface area contributed by atoms with Crippen molar-refractivity contribution in [3.8, 4) is 0 Å². The van der Waals surface area contributed by atoms with E-state index in [0.29, 0.717) is 19.6 Å². The molecule has 0 radical (unpaired) electrons. The lowest BCUT2D eigenvalue weighted by atomic mass is 10.1. The minimum absolute atomic E-state index is 0.0928. The molecular formula is C17H24N4O2S2. The topological polar surface area (TPSA) is 66.4 Å². The van der Waals surface area contributed by atoms with Crippen LogP contribution in [0.4, 0.5) is 5.13 Å². The molecule has 1 atom stereocenters. The van der Waals surface area contributed by atoms with Crippen LogP contribution in [0.5, 0.6) is 0 Å². The van der Waals surface area contributed by atoms with Gasteiger partial charge in [-0.3, -0.25) is 0 Å². The second kappa shape index (κ2) is 7.39.